The van der Waals surface area contributed by atoms with Crippen molar-refractivity contribution >= 4 is 38.3 Å². The lowest BCUT2D eigenvalue weighted by atomic mass is 10.3. The third kappa shape index (κ3) is 2.33. The van der Waals surface area contributed by atoms with E-state index in [0.29, 0.717) is 29.7 Å². The van der Waals surface area contributed by atoms with Gasteiger partial charge in [-0.05, 0) is 13.8 Å². The van der Waals surface area contributed by atoms with Crippen LogP contribution in [0.1, 0.15) is 13.8 Å². The number of aromatic nitrogens is 1. The molecule has 0 aliphatic heterocycles. The number of ether oxygens (including phenoxy) is 2. The zero-order valence-electron chi connectivity index (χ0n) is 10.5. The second-order valence-corrected chi connectivity index (χ2v) is 4.90. The molecule has 0 saturated heterocycles. The van der Waals surface area contributed by atoms with E-state index in [2.05, 4.69) is 10.3 Å². The number of halogens is 1. The number of rotatable bonds is 5. The summed E-state index contributed by atoms with van der Waals surface area (Å²) in [5.74, 6) is 1.37. The van der Waals surface area contributed by atoms with E-state index in [9.17, 15) is 0 Å². The Bertz CT molecular complexity index is 556. The van der Waals surface area contributed by atoms with Crippen molar-refractivity contribution in [2.75, 3.05) is 25.6 Å². The number of hydrogen-bond donors (Lipinski definition) is 1. The number of benzene rings is 1. The summed E-state index contributed by atoms with van der Waals surface area (Å²) in [5, 5.41) is 4.40. The minimum Gasteiger partial charge on any atom is -0.491 e. The molecule has 1 aromatic heterocycles. The molecule has 0 bridgehead atoms. The fraction of sp³-hybridized carbons (Fsp3) is 0.417. The van der Waals surface area contributed by atoms with Gasteiger partial charge in [0, 0.05) is 13.1 Å². The third-order valence-electron chi connectivity index (χ3n) is 2.34. The van der Waals surface area contributed by atoms with Gasteiger partial charge in [0.1, 0.15) is 16.0 Å². The van der Waals surface area contributed by atoms with Crippen LogP contribution in [0.5, 0.6) is 11.5 Å². The average Bonchev–Trinajstić information content (AvgIpc) is 2.78. The van der Waals surface area contributed by atoms with E-state index < -0.39 is 0 Å². The van der Waals surface area contributed by atoms with E-state index >= 15 is 0 Å². The molecule has 2 rings (SSSR count). The molecule has 0 aliphatic carbocycles. The monoisotopic (exact) mass is 286 g/mol. The van der Waals surface area contributed by atoms with Crippen LogP contribution in [0, 0.1) is 0 Å². The van der Waals surface area contributed by atoms with Gasteiger partial charge in [0.25, 0.3) is 0 Å². The summed E-state index contributed by atoms with van der Waals surface area (Å²) in [6, 6.07) is 1.76. The predicted octanol–water partition coefficient (Wildman–Crippen LogP) is 3.79. The number of hydrogen-bond acceptors (Lipinski definition) is 5. The van der Waals surface area contributed by atoms with Crippen LogP contribution in [-0.4, -0.2) is 25.2 Å². The van der Waals surface area contributed by atoms with Crippen LogP contribution < -0.4 is 14.8 Å². The van der Waals surface area contributed by atoms with Crippen LogP contribution in [0.3, 0.4) is 0 Å². The Balaban J connectivity index is 2.66. The van der Waals surface area contributed by atoms with E-state index in [-0.39, 0.29) is 0 Å². The van der Waals surface area contributed by atoms with Gasteiger partial charge in [-0.15, -0.1) is 0 Å². The Labute approximate surface area is 115 Å². The maximum absolute atomic E-state index is 6.23. The summed E-state index contributed by atoms with van der Waals surface area (Å²) in [4.78, 5) is 4.48. The zero-order chi connectivity index (χ0) is 13.1. The van der Waals surface area contributed by atoms with Gasteiger partial charge >= 0.3 is 0 Å². The van der Waals surface area contributed by atoms with E-state index in [1.807, 2.05) is 20.9 Å². The van der Waals surface area contributed by atoms with Crippen LogP contribution in [0.4, 0.5) is 5.13 Å². The van der Waals surface area contributed by atoms with E-state index in [1.165, 1.54) is 11.3 Å². The number of nitrogens with one attached hydrogen (secondary N) is 1. The molecule has 0 amide bonds. The molecule has 4 nitrogen and oxygen atoms in total. The first-order valence-electron chi connectivity index (χ1n) is 5.77. The molecule has 0 fully saturated rings. The number of nitrogens with zero attached hydrogens (tertiary/aromatic N) is 1. The van der Waals surface area contributed by atoms with Gasteiger partial charge in [-0.1, -0.05) is 22.9 Å². The number of fused-ring (bicyclic) bond motifs is 1. The van der Waals surface area contributed by atoms with Crippen molar-refractivity contribution in [2.24, 2.45) is 0 Å². The van der Waals surface area contributed by atoms with Gasteiger partial charge in [-0.2, -0.15) is 0 Å². The number of thiazole rings is 1. The van der Waals surface area contributed by atoms with Gasteiger partial charge in [-0.25, -0.2) is 4.98 Å². The molecule has 98 valence electrons. The smallest absolute Gasteiger partial charge is 0.183 e. The van der Waals surface area contributed by atoms with Crippen LogP contribution >= 0.6 is 22.9 Å². The fourth-order valence-corrected chi connectivity index (χ4v) is 2.89. The number of anilines is 1. The Morgan fingerprint density at radius 3 is 2.67 bits per heavy atom. The van der Waals surface area contributed by atoms with Gasteiger partial charge in [0.05, 0.1) is 18.2 Å². The van der Waals surface area contributed by atoms with Gasteiger partial charge in [0.2, 0.25) is 0 Å². The lowest BCUT2D eigenvalue weighted by molar-refractivity contribution is 0.337. The molecular weight excluding hydrogens is 272 g/mol. The first kappa shape index (κ1) is 13.2. The molecule has 0 unspecified atom stereocenters. The quantitative estimate of drug-likeness (QED) is 0.908. The molecule has 1 heterocycles. The van der Waals surface area contributed by atoms with Gasteiger partial charge < -0.3 is 14.8 Å². The van der Waals surface area contributed by atoms with Crippen LogP contribution in [0.15, 0.2) is 6.07 Å². The summed E-state index contributed by atoms with van der Waals surface area (Å²) in [6.07, 6.45) is 0. The Hall–Kier alpha value is -1.20. The second-order valence-electron chi connectivity index (χ2n) is 3.50. The molecule has 1 aromatic carbocycles. The minimum atomic E-state index is 0.555. The second kappa shape index (κ2) is 5.63. The average molecular weight is 287 g/mol. The molecule has 0 atom stereocenters. The minimum absolute atomic E-state index is 0.555. The van der Waals surface area contributed by atoms with Crippen molar-refractivity contribution in [3.8, 4) is 11.5 Å². The van der Waals surface area contributed by atoms with E-state index in [4.69, 9.17) is 21.1 Å². The maximum atomic E-state index is 6.23. The predicted molar refractivity (Wildman–Crippen MR) is 76.5 cm³/mol. The molecule has 6 heteroatoms. The van der Waals surface area contributed by atoms with Crippen LogP contribution in [0.25, 0.3) is 10.2 Å². The highest BCUT2D eigenvalue weighted by Gasteiger charge is 2.17. The van der Waals surface area contributed by atoms with Crippen molar-refractivity contribution in [2.45, 2.75) is 13.8 Å². The molecule has 0 spiro atoms. The first-order valence-corrected chi connectivity index (χ1v) is 6.97. The largest absolute Gasteiger partial charge is 0.491 e. The first-order chi connectivity index (χ1) is 8.71. The Morgan fingerprint density at radius 1 is 1.33 bits per heavy atom. The lowest BCUT2D eigenvalue weighted by Crippen LogP contribution is -1.96. The summed E-state index contributed by atoms with van der Waals surface area (Å²) in [7, 11) is 1.83. The normalized spacial score (nSPS) is 10.7. The Morgan fingerprint density at radius 2 is 2.06 bits per heavy atom. The molecule has 2 aromatic rings. The van der Waals surface area contributed by atoms with Crippen LogP contribution in [0.2, 0.25) is 5.02 Å². The SMILES string of the molecule is CCOc1cc(Cl)c(OCC)c2sc(NC)nc12. The highest BCUT2D eigenvalue weighted by molar-refractivity contribution is 7.22. The highest BCUT2D eigenvalue weighted by atomic mass is 35.5. The third-order valence-corrected chi connectivity index (χ3v) is 3.70. The van der Waals surface area contributed by atoms with E-state index in [1.54, 1.807) is 6.07 Å². The molecule has 0 saturated carbocycles. The topological polar surface area (TPSA) is 43.4 Å². The van der Waals surface area contributed by atoms with Crippen molar-refractivity contribution in [1.82, 2.24) is 4.98 Å². The maximum Gasteiger partial charge on any atom is 0.183 e. The summed E-state index contributed by atoms with van der Waals surface area (Å²) in [6.45, 7) is 5.00. The van der Waals surface area contributed by atoms with E-state index in [0.717, 1.165) is 15.3 Å². The molecule has 18 heavy (non-hydrogen) atoms. The summed E-state index contributed by atoms with van der Waals surface area (Å²) in [5.41, 5.74) is 0.791. The van der Waals surface area contributed by atoms with Crippen LogP contribution in [-0.2, 0) is 0 Å². The standard InChI is InChI=1S/C12H15ClN2O2S/c1-4-16-8-6-7(13)10(17-5-2)11-9(8)15-12(14-3)18-11/h6H,4-5H2,1-3H3,(H,14,15). The zero-order valence-corrected chi connectivity index (χ0v) is 12.1. The lowest BCUT2D eigenvalue weighted by Gasteiger charge is -2.09. The van der Waals surface area contributed by atoms with Crippen molar-refractivity contribution in [1.29, 1.82) is 0 Å². The highest BCUT2D eigenvalue weighted by Crippen LogP contribution is 2.43. The molecule has 0 radical (unpaired) electrons. The van der Waals surface area contributed by atoms with Crippen molar-refractivity contribution < 1.29 is 9.47 Å². The summed E-state index contributed by atoms with van der Waals surface area (Å²) < 4.78 is 12.1. The van der Waals surface area contributed by atoms with Crippen molar-refractivity contribution in [3.63, 3.8) is 0 Å². The molecular formula is C12H15ClN2O2S. The Kier molecular flexibility index (Phi) is 4.14. The van der Waals surface area contributed by atoms with Crippen molar-refractivity contribution in [3.05, 3.63) is 11.1 Å². The fourth-order valence-electron chi connectivity index (χ4n) is 1.65. The molecule has 1 N–H and O–H groups in total. The van der Waals surface area contributed by atoms with Gasteiger partial charge in [-0.3, -0.25) is 0 Å². The molecule has 0 aliphatic rings. The summed E-state index contributed by atoms with van der Waals surface area (Å²) >= 11 is 7.74. The van der Waals surface area contributed by atoms with Gasteiger partial charge in [0.15, 0.2) is 10.9 Å².